The second-order valence-corrected chi connectivity index (χ2v) is 6.86. The summed E-state index contributed by atoms with van der Waals surface area (Å²) in [4.78, 5) is 24.7. The van der Waals surface area contributed by atoms with E-state index in [1.54, 1.807) is 23.1 Å². The summed E-state index contributed by atoms with van der Waals surface area (Å²) in [6, 6.07) is 3.50. The number of esters is 1. The van der Waals surface area contributed by atoms with Gasteiger partial charge in [0, 0.05) is 10.6 Å². The van der Waals surface area contributed by atoms with Crippen molar-refractivity contribution in [2.24, 2.45) is 5.92 Å². The van der Waals surface area contributed by atoms with Crippen LogP contribution in [0.1, 0.15) is 25.1 Å². The standard InChI is InChI=1S/C14H21NO3S2/c1-10(2)7-12(14(17)18-3)15-13(16)9-19-8-11-5-4-6-20-11/h4-6,10,12H,7-9H2,1-3H3,(H,15,16). The largest absolute Gasteiger partial charge is 0.467 e. The zero-order chi connectivity index (χ0) is 15.0. The van der Waals surface area contributed by atoms with Gasteiger partial charge < -0.3 is 10.1 Å². The number of amides is 1. The molecule has 0 radical (unpaired) electrons. The van der Waals surface area contributed by atoms with Gasteiger partial charge in [0.25, 0.3) is 0 Å². The molecule has 20 heavy (non-hydrogen) atoms. The van der Waals surface area contributed by atoms with Crippen LogP contribution in [0.5, 0.6) is 0 Å². The Morgan fingerprint density at radius 1 is 1.45 bits per heavy atom. The van der Waals surface area contributed by atoms with Crippen molar-refractivity contribution in [3.63, 3.8) is 0 Å². The van der Waals surface area contributed by atoms with E-state index in [1.165, 1.54) is 12.0 Å². The first-order valence-electron chi connectivity index (χ1n) is 6.50. The Labute approximate surface area is 128 Å². The number of hydrogen-bond acceptors (Lipinski definition) is 5. The first-order valence-corrected chi connectivity index (χ1v) is 8.53. The van der Waals surface area contributed by atoms with E-state index < -0.39 is 6.04 Å². The summed E-state index contributed by atoms with van der Waals surface area (Å²) >= 11 is 3.22. The fourth-order valence-electron chi connectivity index (χ4n) is 1.70. The Bertz CT molecular complexity index is 418. The van der Waals surface area contributed by atoms with Crippen molar-refractivity contribution in [2.45, 2.75) is 32.1 Å². The molecule has 1 unspecified atom stereocenters. The third-order valence-electron chi connectivity index (χ3n) is 2.59. The van der Waals surface area contributed by atoms with Crippen molar-refractivity contribution < 1.29 is 14.3 Å². The fourth-order valence-corrected chi connectivity index (χ4v) is 3.38. The van der Waals surface area contributed by atoms with E-state index in [4.69, 9.17) is 4.74 Å². The third-order valence-corrected chi connectivity index (χ3v) is 4.63. The molecule has 0 aromatic carbocycles. The number of thioether (sulfide) groups is 1. The van der Waals surface area contributed by atoms with E-state index in [-0.39, 0.29) is 11.9 Å². The zero-order valence-electron chi connectivity index (χ0n) is 12.0. The Kier molecular flexibility index (Phi) is 7.69. The molecule has 1 aromatic heterocycles. The SMILES string of the molecule is COC(=O)C(CC(C)C)NC(=O)CSCc1cccs1. The van der Waals surface area contributed by atoms with Gasteiger partial charge >= 0.3 is 5.97 Å². The second kappa shape index (κ2) is 9.02. The van der Waals surface area contributed by atoms with E-state index >= 15 is 0 Å². The number of carbonyl (C=O) groups excluding carboxylic acids is 2. The lowest BCUT2D eigenvalue weighted by Gasteiger charge is -2.18. The molecule has 1 atom stereocenters. The summed E-state index contributed by atoms with van der Waals surface area (Å²) in [7, 11) is 1.34. The molecule has 1 aromatic rings. The lowest BCUT2D eigenvalue weighted by Crippen LogP contribution is -2.43. The van der Waals surface area contributed by atoms with Gasteiger partial charge in [0.1, 0.15) is 6.04 Å². The number of nitrogens with one attached hydrogen (secondary N) is 1. The highest BCUT2D eigenvalue weighted by atomic mass is 32.2. The average Bonchev–Trinajstić information content (AvgIpc) is 2.89. The molecule has 1 heterocycles. The van der Waals surface area contributed by atoms with Gasteiger partial charge in [0.05, 0.1) is 12.9 Å². The summed E-state index contributed by atoms with van der Waals surface area (Å²) < 4.78 is 4.72. The monoisotopic (exact) mass is 315 g/mol. The molecule has 0 fully saturated rings. The molecule has 4 nitrogen and oxygen atoms in total. The van der Waals surface area contributed by atoms with E-state index in [1.807, 2.05) is 31.4 Å². The molecular weight excluding hydrogens is 294 g/mol. The van der Waals surface area contributed by atoms with E-state index in [0.29, 0.717) is 18.1 Å². The van der Waals surface area contributed by atoms with Crippen molar-refractivity contribution in [1.29, 1.82) is 0 Å². The molecule has 1 N–H and O–H groups in total. The quantitative estimate of drug-likeness (QED) is 0.749. The summed E-state index contributed by atoms with van der Waals surface area (Å²) in [6.07, 6.45) is 0.591. The molecule has 0 bridgehead atoms. The highest BCUT2D eigenvalue weighted by molar-refractivity contribution is 7.99. The first kappa shape index (κ1) is 17.0. The molecule has 1 amide bonds. The zero-order valence-corrected chi connectivity index (χ0v) is 13.7. The Hall–Kier alpha value is -1.01. The van der Waals surface area contributed by atoms with Crippen molar-refractivity contribution in [3.05, 3.63) is 22.4 Å². The highest BCUT2D eigenvalue weighted by Gasteiger charge is 2.22. The maximum atomic E-state index is 11.8. The van der Waals surface area contributed by atoms with E-state index in [9.17, 15) is 9.59 Å². The van der Waals surface area contributed by atoms with Gasteiger partial charge in [-0.1, -0.05) is 19.9 Å². The predicted molar refractivity (Wildman–Crippen MR) is 83.9 cm³/mol. The van der Waals surface area contributed by atoms with Crippen molar-refractivity contribution in [1.82, 2.24) is 5.32 Å². The number of rotatable bonds is 8. The molecule has 0 aliphatic rings. The molecule has 0 saturated carbocycles. The number of methoxy groups -OCH3 is 1. The minimum atomic E-state index is -0.546. The smallest absolute Gasteiger partial charge is 0.328 e. The normalized spacial score (nSPS) is 12.2. The Balaban J connectivity index is 2.35. The van der Waals surface area contributed by atoms with E-state index in [0.717, 1.165) is 5.75 Å². The van der Waals surface area contributed by atoms with Crippen LogP contribution >= 0.6 is 23.1 Å². The maximum absolute atomic E-state index is 11.8. The Morgan fingerprint density at radius 2 is 2.20 bits per heavy atom. The van der Waals surface area contributed by atoms with Crippen LogP contribution in [0.2, 0.25) is 0 Å². The second-order valence-electron chi connectivity index (χ2n) is 4.84. The highest BCUT2D eigenvalue weighted by Crippen LogP contribution is 2.17. The van der Waals surface area contributed by atoms with Crippen molar-refractivity contribution in [2.75, 3.05) is 12.9 Å². The fraction of sp³-hybridized carbons (Fsp3) is 0.571. The number of thiophene rings is 1. The van der Waals surface area contributed by atoms with Crippen molar-refractivity contribution in [3.8, 4) is 0 Å². The van der Waals surface area contributed by atoms with Crippen LogP contribution in [0.15, 0.2) is 17.5 Å². The molecule has 0 saturated heterocycles. The van der Waals surface area contributed by atoms with Crippen LogP contribution in [-0.2, 0) is 20.1 Å². The summed E-state index contributed by atoms with van der Waals surface area (Å²) in [6.45, 7) is 4.02. The minimum absolute atomic E-state index is 0.123. The van der Waals surface area contributed by atoms with E-state index in [2.05, 4.69) is 5.32 Å². The summed E-state index contributed by atoms with van der Waals surface area (Å²) in [5.41, 5.74) is 0. The molecular formula is C14H21NO3S2. The van der Waals surface area contributed by atoms with Crippen LogP contribution in [0.4, 0.5) is 0 Å². The van der Waals surface area contributed by atoms with Gasteiger partial charge in [0.15, 0.2) is 0 Å². The average molecular weight is 315 g/mol. The minimum Gasteiger partial charge on any atom is -0.467 e. The molecule has 1 rings (SSSR count). The van der Waals surface area contributed by atoms with Gasteiger partial charge in [0.2, 0.25) is 5.91 Å². The molecule has 112 valence electrons. The van der Waals surface area contributed by atoms with Gasteiger partial charge in [-0.15, -0.1) is 23.1 Å². The first-order chi connectivity index (χ1) is 9.52. The Morgan fingerprint density at radius 3 is 2.75 bits per heavy atom. The number of hydrogen-bond donors (Lipinski definition) is 1. The van der Waals surface area contributed by atoms with Crippen molar-refractivity contribution >= 4 is 35.0 Å². The van der Waals surface area contributed by atoms with Crippen LogP contribution in [-0.4, -0.2) is 30.8 Å². The van der Waals surface area contributed by atoms with Gasteiger partial charge in [-0.3, -0.25) is 4.79 Å². The molecule has 0 spiro atoms. The molecule has 6 heteroatoms. The van der Waals surface area contributed by atoms with Gasteiger partial charge in [-0.25, -0.2) is 4.79 Å². The lowest BCUT2D eigenvalue weighted by atomic mass is 10.0. The number of carbonyl (C=O) groups is 2. The number of ether oxygens (including phenoxy) is 1. The molecule has 0 aliphatic heterocycles. The van der Waals surface area contributed by atoms with Crippen LogP contribution in [0.3, 0.4) is 0 Å². The third kappa shape index (κ3) is 6.43. The predicted octanol–water partition coefficient (Wildman–Crippen LogP) is 2.69. The van der Waals surface area contributed by atoms with Gasteiger partial charge in [-0.2, -0.15) is 0 Å². The topological polar surface area (TPSA) is 55.4 Å². The van der Waals surface area contributed by atoms with Crippen LogP contribution in [0, 0.1) is 5.92 Å². The van der Waals surface area contributed by atoms with Crippen LogP contribution < -0.4 is 5.32 Å². The summed E-state index contributed by atoms with van der Waals surface area (Å²) in [5.74, 6) is 0.984. The maximum Gasteiger partial charge on any atom is 0.328 e. The van der Waals surface area contributed by atoms with Gasteiger partial charge in [-0.05, 0) is 23.8 Å². The van der Waals surface area contributed by atoms with Crippen LogP contribution in [0.25, 0.3) is 0 Å². The summed E-state index contributed by atoms with van der Waals surface area (Å²) in [5, 5.41) is 4.77. The lowest BCUT2D eigenvalue weighted by molar-refractivity contribution is -0.145. The molecule has 0 aliphatic carbocycles.